The molecule has 0 spiro atoms. The number of hydrogen-bond acceptors (Lipinski definition) is 1. The Hall–Kier alpha value is -1.02. The van der Waals surface area contributed by atoms with Crippen molar-refractivity contribution >= 4 is 8.07 Å². The van der Waals surface area contributed by atoms with E-state index in [9.17, 15) is 0 Å². The molecule has 1 nitrogen and oxygen atoms in total. The Morgan fingerprint density at radius 3 is 1.92 bits per heavy atom. The van der Waals surface area contributed by atoms with Crippen molar-refractivity contribution in [2.24, 2.45) is 0 Å². The van der Waals surface area contributed by atoms with Gasteiger partial charge in [0.25, 0.3) is 0 Å². The molecule has 0 aromatic carbocycles. The molecule has 0 rings (SSSR count). The number of rotatable bonds is 8. The van der Waals surface area contributed by atoms with Crippen LogP contribution < -0.4 is 0 Å². The molecule has 0 saturated heterocycles. The van der Waals surface area contributed by atoms with Crippen molar-refractivity contribution in [2.75, 3.05) is 6.61 Å². The minimum absolute atomic E-state index is 0.716. The molecule has 0 heterocycles. The Bertz CT molecular complexity index is 174. The summed E-state index contributed by atoms with van der Waals surface area (Å²) >= 11 is 0. The van der Waals surface area contributed by atoms with Crippen LogP contribution in [0.25, 0.3) is 0 Å². The van der Waals surface area contributed by atoms with Gasteiger partial charge in [-0.15, -0.1) is 19.7 Å². The maximum absolute atomic E-state index is 5.05. The average molecular weight is 194 g/mol. The third kappa shape index (κ3) is 3.94. The van der Waals surface area contributed by atoms with Crippen molar-refractivity contribution in [3.63, 3.8) is 0 Å². The molecule has 0 bridgehead atoms. The second-order valence-electron chi connectivity index (χ2n) is 2.87. The Morgan fingerprint density at radius 2 is 1.54 bits per heavy atom. The quantitative estimate of drug-likeness (QED) is 0.328. The highest BCUT2D eigenvalue weighted by molar-refractivity contribution is 6.93. The maximum atomic E-state index is 5.05. The lowest BCUT2D eigenvalue weighted by Crippen LogP contribution is -2.26. The van der Waals surface area contributed by atoms with E-state index in [1.54, 1.807) is 0 Å². The smallest absolute Gasteiger partial charge is 0.124 e. The zero-order valence-electron chi connectivity index (χ0n) is 8.17. The lowest BCUT2D eigenvalue weighted by Gasteiger charge is -2.18. The second-order valence-corrected chi connectivity index (χ2v) is 6.82. The first-order valence-electron chi connectivity index (χ1n) is 4.38. The van der Waals surface area contributed by atoms with Crippen LogP contribution in [0.15, 0.2) is 49.7 Å². The highest BCUT2D eigenvalue weighted by Crippen LogP contribution is 2.15. The standard InChI is InChI=1S/C11H18OSi/c1-5-12-10-9-11-13(6-2,7-3)8-4/h5-8H,1-4,9-11H2. The zero-order valence-corrected chi connectivity index (χ0v) is 9.17. The van der Waals surface area contributed by atoms with Crippen molar-refractivity contribution in [3.05, 3.63) is 49.7 Å². The molecule has 0 fully saturated rings. The molecule has 0 aliphatic heterocycles. The van der Waals surface area contributed by atoms with Crippen LogP contribution >= 0.6 is 0 Å². The van der Waals surface area contributed by atoms with Gasteiger partial charge in [-0.1, -0.05) is 23.7 Å². The van der Waals surface area contributed by atoms with Gasteiger partial charge in [-0.2, -0.15) is 0 Å². The Balaban J connectivity index is 3.95. The van der Waals surface area contributed by atoms with E-state index in [0.717, 1.165) is 12.5 Å². The molecule has 13 heavy (non-hydrogen) atoms. The lowest BCUT2D eigenvalue weighted by atomic mass is 10.5. The summed E-state index contributed by atoms with van der Waals surface area (Å²) < 4.78 is 5.05. The highest BCUT2D eigenvalue weighted by atomic mass is 28.3. The summed E-state index contributed by atoms with van der Waals surface area (Å²) in [5, 5.41) is 0. The van der Waals surface area contributed by atoms with Gasteiger partial charge >= 0.3 is 0 Å². The molecule has 0 unspecified atom stereocenters. The van der Waals surface area contributed by atoms with Crippen LogP contribution in [0.5, 0.6) is 0 Å². The normalized spacial score (nSPS) is 10.2. The SMILES string of the molecule is C=COCCC[Si](C=C)(C=C)C=C. The Labute approximate surface area is 82.1 Å². The Morgan fingerprint density at radius 1 is 1.00 bits per heavy atom. The van der Waals surface area contributed by atoms with Crippen molar-refractivity contribution in [2.45, 2.75) is 12.5 Å². The van der Waals surface area contributed by atoms with Crippen LogP contribution in [0.3, 0.4) is 0 Å². The van der Waals surface area contributed by atoms with Crippen LogP contribution in [0.4, 0.5) is 0 Å². The molecule has 0 aromatic heterocycles. The average Bonchev–Trinajstić information content (AvgIpc) is 2.20. The zero-order chi connectivity index (χ0) is 10.2. The van der Waals surface area contributed by atoms with Gasteiger partial charge in [0.2, 0.25) is 0 Å². The molecule has 0 atom stereocenters. The van der Waals surface area contributed by atoms with Gasteiger partial charge in [-0.25, -0.2) is 0 Å². The van der Waals surface area contributed by atoms with Crippen molar-refractivity contribution < 1.29 is 4.74 Å². The molecule has 2 heteroatoms. The molecule has 0 aliphatic carbocycles. The van der Waals surface area contributed by atoms with E-state index in [1.807, 2.05) is 17.1 Å². The van der Waals surface area contributed by atoms with Crippen molar-refractivity contribution in [1.29, 1.82) is 0 Å². The fraction of sp³-hybridized carbons (Fsp3) is 0.273. The first kappa shape index (κ1) is 12.0. The molecule has 0 aliphatic rings. The highest BCUT2D eigenvalue weighted by Gasteiger charge is 2.20. The van der Waals surface area contributed by atoms with Gasteiger partial charge in [-0.05, 0) is 12.5 Å². The van der Waals surface area contributed by atoms with Crippen LogP contribution in [0.2, 0.25) is 6.04 Å². The molecule has 0 radical (unpaired) electrons. The van der Waals surface area contributed by atoms with E-state index in [4.69, 9.17) is 4.74 Å². The van der Waals surface area contributed by atoms with E-state index in [0.29, 0.717) is 6.61 Å². The van der Waals surface area contributed by atoms with Gasteiger partial charge < -0.3 is 4.74 Å². The van der Waals surface area contributed by atoms with Gasteiger partial charge in [0.05, 0.1) is 12.9 Å². The second kappa shape index (κ2) is 6.49. The molecule has 0 saturated carbocycles. The van der Waals surface area contributed by atoms with Gasteiger partial charge in [0, 0.05) is 0 Å². The first-order chi connectivity index (χ1) is 6.24. The van der Waals surface area contributed by atoms with Crippen LogP contribution in [-0.2, 0) is 4.74 Å². The molecule has 0 N–H and O–H groups in total. The summed E-state index contributed by atoms with van der Waals surface area (Å²) in [6.45, 7) is 15.7. The minimum Gasteiger partial charge on any atom is -0.502 e. The summed E-state index contributed by atoms with van der Waals surface area (Å²) in [6.07, 6.45) is 2.47. The van der Waals surface area contributed by atoms with Crippen molar-refractivity contribution in [1.82, 2.24) is 0 Å². The van der Waals surface area contributed by atoms with E-state index in [2.05, 4.69) is 26.3 Å². The third-order valence-electron chi connectivity index (χ3n) is 2.13. The molecule has 72 valence electrons. The van der Waals surface area contributed by atoms with Gasteiger partial charge in [0.1, 0.15) is 8.07 Å². The summed E-state index contributed by atoms with van der Waals surface area (Å²) in [7, 11) is -1.59. The van der Waals surface area contributed by atoms with Crippen LogP contribution in [0.1, 0.15) is 6.42 Å². The molecular formula is C11H18OSi. The summed E-state index contributed by atoms with van der Waals surface area (Å²) in [6, 6.07) is 1.07. The maximum Gasteiger partial charge on any atom is 0.124 e. The van der Waals surface area contributed by atoms with Crippen molar-refractivity contribution in [3.8, 4) is 0 Å². The molecule has 0 aromatic rings. The number of ether oxygens (including phenoxy) is 1. The van der Waals surface area contributed by atoms with E-state index >= 15 is 0 Å². The summed E-state index contributed by atoms with van der Waals surface area (Å²) in [5.41, 5.74) is 6.00. The van der Waals surface area contributed by atoms with Crippen LogP contribution in [0, 0.1) is 0 Å². The third-order valence-corrected chi connectivity index (χ3v) is 5.63. The number of hydrogen-bond donors (Lipinski definition) is 0. The summed E-state index contributed by atoms with van der Waals surface area (Å²) in [4.78, 5) is 0. The summed E-state index contributed by atoms with van der Waals surface area (Å²) in [5.74, 6) is 0. The van der Waals surface area contributed by atoms with Gasteiger partial charge in [-0.3, -0.25) is 0 Å². The van der Waals surface area contributed by atoms with E-state index in [-0.39, 0.29) is 0 Å². The van der Waals surface area contributed by atoms with Crippen LogP contribution in [-0.4, -0.2) is 14.7 Å². The topological polar surface area (TPSA) is 9.23 Å². The first-order valence-corrected chi connectivity index (χ1v) is 6.82. The minimum atomic E-state index is -1.59. The van der Waals surface area contributed by atoms with E-state index < -0.39 is 8.07 Å². The molecular weight excluding hydrogens is 176 g/mol. The lowest BCUT2D eigenvalue weighted by molar-refractivity contribution is 0.251. The van der Waals surface area contributed by atoms with Gasteiger partial charge in [0.15, 0.2) is 0 Å². The Kier molecular flexibility index (Phi) is 5.98. The monoisotopic (exact) mass is 194 g/mol. The van der Waals surface area contributed by atoms with E-state index in [1.165, 1.54) is 6.26 Å². The predicted molar refractivity (Wildman–Crippen MR) is 61.9 cm³/mol. The fourth-order valence-electron chi connectivity index (χ4n) is 1.10. The predicted octanol–water partition coefficient (Wildman–Crippen LogP) is 3.16. The fourth-order valence-corrected chi connectivity index (χ4v) is 2.97. The largest absolute Gasteiger partial charge is 0.502 e. The molecule has 0 amide bonds.